The van der Waals surface area contributed by atoms with Crippen LogP contribution in [0, 0.1) is 0 Å². The quantitative estimate of drug-likeness (QED) is 0.629. The smallest absolute Gasteiger partial charge is 0.158 e. The first-order valence-corrected chi connectivity index (χ1v) is 6.27. The first kappa shape index (κ1) is 13.5. The number of halogens is 1. The second-order valence-corrected chi connectivity index (χ2v) is 4.28. The van der Waals surface area contributed by atoms with Gasteiger partial charge in [0.05, 0.1) is 12.6 Å². The molecule has 1 atom stereocenters. The summed E-state index contributed by atoms with van der Waals surface area (Å²) in [6.07, 6.45) is -0.739. The summed E-state index contributed by atoms with van der Waals surface area (Å²) in [6, 6.07) is 5.58. The Labute approximate surface area is 111 Å². The van der Waals surface area contributed by atoms with Gasteiger partial charge in [-0.15, -0.1) is 0 Å². The van der Waals surface area contributed by atoms with E-state index in [4.69, 9.17) is 4.74 Å². The van der Waals surface area contributed by atoms with E-state index in [0.717, 1.165) is 5.52 Å². The molecule has 4 nitrogen and oxygen atoms in total. The van der Waals surface area contributed by atoms with Crippen molar-refractivity contribution in [1.82, 2.24) is 9.55 Å². The second kappa shape index (κ2) is 5.38. The highest BCUT2D eigenvalue weighted by Crippen LogP contribution is 2.30. The first-order chi connectivity index (χ1) is 9.13. The number of aromatic nitrogens is 2. The van der Waals surface area contributed by atoms with E-state index in [-0.39, 0.29) is 0 Å². The van der Waals surface area contributed by atoms with Crippen LogP contribution in [-0.2, 0) is 0 Å². The molecule has 0 aliphatic heterocycles. The summed E-state index contributed by atoms with van der Waals surface area (Å²) in [7, 11) is 3.27. The summed E-state index contributed by atoms with van der Waals surface area (Å²) in [4.78, 5) is 8.55. The molecule has 0 aliphatic carbocycles. The van der Waals surface area contributed by atoms with Crippen molar-refractivity contribution in [2.45, 2.75) is 26.4 Å². The Balaban J connectivity index is 2.80. The third-order valence-electron chi connectivity index (χ3n) is 3.18. The van der Waals surface area contributed by atoms with Gasteiger partial charge in [0, 0.05) is 7.05 Å². The molecule has 2 aromatic rings. The van der Waals surface area contributed by atoms with Gasteiger partial charge >= 0.3 is 0 Å². The normalized spacial score (nSPS) is 13.8. The van der Waals surface area contributed by atoms with Gasteiger partial charge in [0.25, 0.3) is 0 Å². The third kappa shape index (κ3) is 2.20. The van der Waals surface area contributed by atoms with E-state index in [9.17, 15) is 4.39 Å². The summed E-state index contributed by atoms with van der Waals surface area (Å²) in [5.74, 6) is 1.73. The Morgan fingerprint density at radius 1 is 1.53 bits per heavy atom. The molecule has 1 heterocycles. The average Bonchev–Trinajstić information content (AvgIpc) is 2.84. The first-order valence-electron chi connectivity index (χ1n) is 6.27. The number of hydrogen-bond donors (Lipinski definition) is 0. The highest BCUT2D eigenvalue weighted by molar-refractivity contribution is 5.95. The monoisotopic (exact) mass is 263 g/mol. The summed E-state index contributed by atoms with van der Waals surface area (Å²) in [5.41, 5.74) is 1.48. The highest BCUT2D eigenvalue weighted by Gasteiger charge is 2.21. The lowest BCUT2D eigenvalue weighted by molar-refractivity contribution is 0.317. The number of alkyl halides is 1. The summed E-state index contributed by atoms with van der Waals surface area (Å²) in [6.45, 7) is 3.64. The highest BCUT2D eigenvalue weighted by atomic mass is 19.1. The van der Waals surface area contributed by atoms with Crippen LogP contribution in [0.5, 0.6) is 5.75 Å². The SMILES string of the molecule is CCC(F)c1nc2c(OC)cccc2n1C(C)=NC. The molecule has 0 spiro atoms. The third-order valence-corrected chi connectivity index (χ3v) is 3.18. The molecular weight excluding hydrogens is 245 g/mol. The summed E-state index contributed by atoms with van der Waals surface area (Å²) < 4.78 is 21.2. The Morgan fingerprint density at radius 2 is 2.26 bits per heavy atom. The fourth-order valence-electron chi connectivity index (χ4n) is 2.09. The minimum absolute atomic E-state index is 0.378. The maximum atomic E-state index is 14.1. The minimum Gasteiger partial charge on any atom is -0.494 e. The molecular formula is C14H18FN3O. The van der Waals surface area contributed by atoms with Gasteiger partial charge < -0.3 is 4.74 Å². The Morgan fingerprint density at radius 3 is 2.84 bits per heavy atom. The van der Waals surface area contributed by atoms with Crippen molar-refractivity contribution in [3.05, 3.63) is 24.0 Å². The van der Waals surface area contributed by atoms with Gasteiger partial charge in [0.15, 0.2) is 6.17 Å². The lowest BCUT2D eigenvalue weighted by atomic mass is 10.3. The number of methoxy groups -OCH3 is 1. The molecule has 2 rings (SSSR count). The zero-order valence-electron chi connectivity index (χ0n) is 11.6. The molecule has 0 saturated heterocycles. The van der Waals surface area contributed by atoms with Gasteiger partial charge in [-0.25, -0.2) is 9.37 Å². The molecule has 1 aromatic carbocycles. The van der Waals surface area contributed by atoms with Crippen LogP contribution in [0.3, 0.4) is 0 Å². The number of ether oxygens (including phenoxy) is 1. The Bertz CT molecular complexity index is 618. The lowest BCUT2D eigenvalue weighted by Gasteiger charge is -2.10. The summed E-state index contributed by atoms with van der Waals surface area (Å²) >= 11 is 0. The molecule has 102 valence electrons. The maximum Gasteiger partial charge on any atom is 0.158 e. The van der Waals surface area contributed by atoms with Gasteiger partial charge in [-0.3, -0.25) is 9.56 Å². The van der Waals surface area contributed by atoms with Gasteiger partial charge in [-0.2, -0.15) is 0 Å². The predicted molar refractivity (Wildman–Crippen MR) is 74.9 cm³/mol. The van der Waals surface area contributed by atoms with Gasteiger partial charge in [-0.1, -0.05) is 13.0 Å². The Hall–Kier alpha value is -1.91. The Kier molecular flexibility index (Phi) is 3.83. The van der Waals surface area contributed by atoms with Crippen molar-refractivity contribution in [1.29, 1.82) is 0 Å². The van der Waals surface area contributed by atoms with Crippen molar-refractivity contribution >= 4 is 16.9 Å². The van der Waals surface area contributed by atoms with Crippen LogP contribution in [0.15, 0.2) is 23.2 Å². The molecule has 0 bridgehead atoms. The van der Waals surface area contributed by atoms with Crippen LogP contribution in [0.25, 0.3) is 11.0 Å². The fourth-order valence-corrected chi connectivity index (χ4v) is 2.09. The number of aliphatic imine (C=N–C) groups is 1. The van der Waals surface area contributed by atoms with E-state index in [1.165, 1.54) is 0 Å². The lowest BCUT2D eigenvalue weighted by Crippen LogP contribution is -2.13. The van der Waals surface area contributed by atoms with Crippen molar-refractivity contribution in [3.8, 4) is 5.75 Å². The van der Waals surface area contributed by atoms with E-state index in [1.807, 2.05) is 25.1 Å². The second-order valence-electron chi connectivity index (χ2n) is 4.28. The maximum absolute atomic E-state index is 14.1. The van der Waals surface area contributed by atoms with Crippen molar-refractivity contribution < 1.29 is 9.13 Å². The van der Waals surface area contributed by atoms with Crippen LogP contribution in [0.4, 0.5) is 4.39 Å². The van der Waals surface area contributed by atoms with E-state index in [2.05, 4.69) is 9.98 Å². The minimum atomic E-state index is -1.12. The largest absolute Gasteiger partial charge is 0.494 e. The standard InChI is InChI=1S/C14H18FN3O/c1-5-10(15)14-17-13-11(18(14)9(2)16-3)7-6-8-12(13)19-4/h6-8,10H,5H2,1-4H3. The van der Waals surface area contributed by atoms with Crippen molar-refractivity contribution in [3.63, 3.8) is 0 Å². The number of rotatable bonds is 3. The molecule has 0 amide bonds. The predicted octanol–water partition coefficient (Wildman–Crippen LogP) is 3.36. The number of benzene rings is 1. The van der Waals surface area contributed by atoms with Crippen LogP contribution < -0.4 is 4.74 Å². The molecule has 5 heteroatoms. The van der Waals surface area contributed by atoms with Crippen molar-refractivity contribution in [2.24, 2.45) is 4.99 Å². The number of hydrogen-bond acceptors (Lipinski definition) is 3. The number of para-hydroxylation sites is 1. The number of imidazole rings is 1. The molecule has 0 fully saturated rings. The molecule has 0 saturated carbocycles. The van der Waals surface area contributed by atoms with Gasteiger partial charge in [0.2, 0.25) is 0 Å². The average molecular weight is 263 g/mol. The van der Waals surface area contributed by atoms with Crippen LogP contribution in [0.2, 0.25) is 0 Å². The molecule has 19 heavy (non-hydrogen) atoms. The fraction of sp³-hybridized carbons (Fsp3) is 0.429. The molecule has 1 aromatic heterocycles. The van der Waals surface area contributed by atoms with E-state index >= 15 is 0 Å². The van der Waals surface area contributed by atoms with Crippen molar-refractivity contribution in [2.75, 3.05) is 14.2 Å². The zero-order valence-corrected chi connectivity index (χ0v) is 11.6. The van der Waals surface area contributed by atoms with Crippen LogP contribution >= 0.6 is 0 Å². The molecule has 0 N–H and O–H groups in total. The summed E-state index contributed by atoms with van der Waals surface area (Å²) in [5, 5.41) is 0. The van der Waals surface area contributed by atoms with Gasteiger partial charge in [0.1, 0.15) is 22.9 Å². The van der Waals surface area contributed by atoms with E-state index in [0.29, 0.717) is 29.3 Å². The molecule has 0 aliphatic rings. The zero-order chi connectivity index (χ0) is 14.0. The topological polar surface area (TPSA) is 39.4 Å². The van der Waals surface area contributed by atoms with Crippen LogP contribution in [0.1, 0.15) is 32.3 Å². The van der Waals surface area contributed by atoms with E-state index in [1.54, 1.807) is 25.6 Å². The number of nitrogens with zero attached hydrogens (tertiary/aromatic N) is 3. The molecule has 0 radical (unpaired) electrons. The van der Waals surface area contributed by atoms with E-state index < -0.39 is 6.17 Å². The van der Waals surface area contributed by atoms with Gasteiger partial charge in [-0.05, 0) is 25.5 Å². The van der Waals surface area contributed by atoms with Crippen LogP contribution in [-0.4, -0.2) is 29.5 Å². The molecule has 1 unspecified atom stereocenters. The number of fused-ring (bicyclic) bond motifs is 1.